The minimum Gasteiger partial charge on any atom is -0.468 e. The highest BCUT2D eigenvalue weighted by Crippen LogP contribution is 2.50. The van der Waals surface area contributed by atoms with Gasteiger partial charge in [-0.2, -0.15) is 5.10 Å². The molecule has 27 heavy (non-hydrogen) atoms. The van der Waals surface area contributed by atoms with Crippen LogP contribution in [0, 0.1) is 6.92 Å². The summed E-state index contributed by atoms with van der Waals surface area (Å²) in [6, 6.07) is 16.3. The molecular weight excluding hydrogens is 340 g/mol. The fraction of sp³-hybridized carbons (Fsp3) is 0.0952. The third kappa shape index (κ3) is 1.98. The molecule has 2 aromatic carbocycles. The molecule has 0 radical (unpaired) electrons. The Morgan fingerprint density at radius 2 is 1.96 bits per heavy atom. The fourth-order valence-electron chi connectivity index (χ4n) is 3.90. The normalized spacial score (nSPS) is 15.5. The Hall–Kier alpha value is -3.67. The predicted octanol–water partition coefficient (Wildman–Crippen LogP) is 4.46. The summed E-state index contributed by atoms with van der Waals surface area (Å²) >= 11 is 0. The van der Waals surface area contributed by atoms with Gasteiger partial charge in [-0.15, -0.1) is 0 Å². The third-order valence-corrected chi connectivity index (χ3v) is 5.03. The van der Waals surface area contributed by atoms with Gasteiger partial charge in [-0.1, -0.05) is 36.4 Å². The van der Waals surface area contributed by atoms with Gasteiger partial charge in [0.2, 0.25) is 5.88 Å². The van der Waals surface area contributed by atoms with Crippen molar-refractivity contribution in [2.45, 2.75) is 12.8 Å². The molecule has 6 nitrogen and oxygen atoms in total. The van der Waals surface area contributed by atoms with Crippen molar-refractivity contribution >= 4 is 16.4 Å². The number of aromatic nitrogens is 4. The van der Waals surface area contributed by atoms with Crippen LogP contribution in [0.3, 0.4) is 0 Å². The number of aryl methyl sites for hydroxylation is 1. The number of hydrogen-bond donors (Lipinski definition) is 0. The number of rotatable bonds is 1. The van der Waals surface area contributed by atoms with Gasteiger partial charge in [0.25, 0.3) is 0 Å². The van der Waals surface area contributed by atoms with Crippen molar-refractivity contribution in [1.82, 2.24) is 19.6 Å². The maximum absolute atomic E-state index is 6.30. The zero-order valence-corrected chi connectivity index (χ0v) is 14.5. The van der Waals surface area contributed by atoms with Crippen LogP contribution in [0.4, 0.5) is 0 Å². The second kappa shape index (κ2) is 5.17. The Balaban J connectivity index is 1.73. The molecule has 0 unspecified atom stereocenters. The van der Waals surface area contributed by atoms with Gasteiger partial charge >= 0.3 is 0 Å². The van der Waals surface area contributed by atoms with E-state index in [1.165, 1.54) is 0 Å². The molecule has 6 rings (SSSR count). The number of fused-ring (bicyclic) bond motifs is 6. The second-order valence-electron chi connectivity index (χ2n) is 6.65. The van der Waals surface area contributed by atoms with Crippen LogP contribution in [0.25, 0.3) is 16.4 Å². The van der Waals surface area contributed by atoms with Crippen molar-refractivity contribution < 1.29 is 9.15 Å². The van der Waals surface area contributed by atoms with Gasteiger partial charge in [0.15, 0.2) is 5.65 Å². The molecule has 5 aromatic rings. The van der Waals surface area contributed by atoms with E-state index in [0.717, 1.165) is 39.1 Å². The van der Waals surface area contributed by atoms with Crippen molar-refractivity contribution in [2.24, 2.45) is 0 Å². The van der Waals surface area contributed by atoms with Crippen LogP contribution in [0.15, 0.2) is 65.5 Å². The quantitative estimate of drug-likeness (QED) is 0.436. The highest BCUT2D eigenvalue weighted by molar-refractivity contribution is 5.91. The van der Waals surface area contributed by atoms with Gasteiger partial charge in [-0.25, -0.2) is 14.5 Å². The number of furan rings is 1. The van der Waals surface area contributed by atoms with Crippen LogP contribution >= 0.6 is 0 Å². The summed E-state index contributed by atoms with van der Waals surface area (Å²) in [5, 5.41) is 6.57. The summed E-state index contributed by atoms with van der Waals surface area (Å²) in [7, 11) is 0. The van der Waals surface area contributed by atoms with Crippen molar-refractivity contribution in [3.05, 3.63) is 83.8 Å². The molecule has 130 valence electrons. The monoisotopic (exact) mass is 354 g/mol. The molecule has 0 spiro atoms. The standard InChI is InChI=1S/C21H14N4O2/c1-12-23-20-18-17(16-7-4-10-26-16)15-9-8-13-5-2-3-6-14(13)19(15)27-21(18)22-11-25(20)24-12/h2-11,17H,1H3/t17-/m1/s1. The van der Waals surface area contributed by atoms with E-state index in [1.807, 2.05) is 31.2 Å². The summed E-state index contributed by atoms with van der Waals surface area (Å²) in [5.74, 6) is 2.71. The number of benzene rings is 2. The molecule has 0 N–H and O–H groups in total. The lowest BCUT2D eigenvalue weighted by molar-refractivity contribution is 0.420. The second-order valence-corrected chi connectivity index (χ2v) is 6.65. The van der Waals surface area contributed by atoms with E-state index in [2.05, 4.69) is 39.3 Å². The van der Waals surface area contributed by atoms with Gasteiger partial charge in [-0.05, 0) is 24.4 Å². The van der Waals surface area contributed by atoms with Crippen LogP contribution in [0.5, 0.6) is 11.6 Å². The summed E-state index contributed by atoms with van der Waals surface area (Å²) in [6.45, 7) is 1.87. The molecule has 0 amide bonds. The Bertz CT molecular complexity index is 1320. The van der Waals surface area contributed by atoms with E-state index >= 15 is 0 Å². The van der Waals surface area contributed by atoms with E-state index in [-0.39, 0.29) is 5.92 Å². The summed E-state index contributed by atoms with van der Waals surface area (Å²) in [5.41, 5.74) is 2.64. The van der Waals surface area contributed by atoms with Crippen LogP contribution in [0.1, 0.15) is 28.6 Å². The molecule has 3 aromatic heterocycles. The minimum absolute atomic E-state index is 0.164. The van der Waals surface area contributed by atoms with Crippen molar-refractivity contribution in [2.75, 3.05) is 0 Å². The van der Waals surface area contributed by atoms with Gasteiger partial charge in [-0.3, -0.25) is 0 Å². The molecule has 6 heteroatoms. The molecule has 0 saturated carbocycles. The molecule has 0 aliphatic carbocycles. The van der Waals surface area contributed by atoms with Crippen LogP contribution in [0.2, 0.25) is 0 Å². The van der Waals surface area contributed by atoms with Crippen molar-refractivity contribution in [3.63, 3.8) is 0 Å². The highest BCUT2D eigenvalue weighted by atomic mass is 16.5. The van der Waals surface area contributed by atoms with E-state index < -0.39 is 0 Å². The topological polar surface area (TPSA) is 65.5 Å². The lowest BCUT2D eigenvalue weighted by Gasteiger charge is -2.27. The van der Waals surface area contributed by atoms with Gasteiger partial charge < -0.3 is 9.15 Å². The van der Waals surface area contributed by atoms with Crippen LogP contribution in [-0.4, -0.2) is 19.6 Å². The molecule has 4 heterocycles. The molecule has 0 fully saturated rings. The largest absolute Gasteiger partial charge is 0.468 e. The van der Waals surface area contributed by atoms with E-state index in [4.69, 9.17) is 9.15 Å². The predicted molar refractivity (Wildman–Crippen MR) is 99.2 cm³/mol. The van der Waals surface area contributed by atoms with E-state index in [9.17, 15) is 0 Å². The van der Waals surface area contributed by atoms with Crippen LogP contribution < -0.4 is 4.74 Å². The maximum Gasteiger partial charge on any atom is 0.228 e. The maximum atomic E-state index is 6.30. The molecule has 1 aliphatic rings. The van der Waals surface area contributed by atoms with Crippen molar-refractivity contribution in [3.8, 4) is 11.6 Å². The van der Waals surface area contributed by atoms with Crippen molar-refractivity contribution in [1.29, 1.82) is 0 Å². The smallest absolute Gasteiger partial charge is 0.228 e. The molecular formula is C21H14N4O2. The third-order valence-electron chi connectivity index (χ3n) is 5.03. The van der Waals surface area contributed by atoms with Gasteiger partial charge in [0.05, 0.1) is 17.7 Å². The zero-order valence-electron chi connectivity index (χ0n) is 14.5. The fourth-order valence-corrected chi connectivity index (χ4v) is 3.90. The SMILES string of the molecule is Cc1nc2c3c(ncn2n1)Oc1c(ccc2ccccc12)[C@@H]3c1ccco1. The number of nitrogens with zero attached hydrogens (tertiary/aromatic N) is 4. The molecule has 1 atom stereocenters. The van der Waals surface area contributed by atoms with Gasteiger partial charge in [0.1, 0.15) is 23.7 Å². The lowest BCUT2D eigenvalue weighted by Crippen LogP contribution is -2.14. The molecule has 0 bridgehead atoms. The Morgan fingerprint density at radius 1 is 1.04 bits per heavy atom. The summed E-state index contributed by atoms with van der Waals surface area (Å²) in [4.78, 5) is 9.14. The first-order valence-electron chi connectivity index (χ1n) is 8.74. The zero-order chi connectivity index (χ0) is 18.0. The first kappa shape index (κ1) is 14.5. The number of ether oxygens (including phenoxy) is 1. The minimum atomic E-state index is -0.164. The van der Waals surface area contributed by atoms with E-state index in [0.29, 0.717) is 11.7 Å². The van der Waals surface area contributed by atoms with E-state index in [1.54, 1.807) is 17.1 Å². The average molecular weight is 354 g/mol. The summed E-state index contributed by atoms with van der Waals surface area (Å²) in [6.07, 6.45) is 3.33. The lowest BCUT2D eigenvalue weighted by atomic mass is 9.86. The summed E-state index contributed by atoms with van der Waals surface area (Å²) < 4.78 is 13.8. The Labute approximate surface area is 154 Å². The molecule has 1 aliphatic heterocycles. The van der Waals surface area contributed by atoms with Crippen LogP contribution in [-0.2, 0) is 0 Å². The number of hydrogen-bond acceptors (Lipinski definition) is 5. The Kier molecular flexibility index (Phi) is 2.78. The highest BCUT2D eigenvalue weighted by Gasteiger charge is 2.35. The first-order valence-corrected chi connectivity index (χ1v) is 8.74. The molecule has 0 saturated heterocycles. The van der Waals surface area contributed by atoms with Gasteiger partial charge in [0, 0.05) is 10.9 Å². The first-order chi connectivity index (χ1) is 13.3. The Morgan fingerprint density at radius 3 is 2.85 bits per heavy atom. The average Bonchev–Trinajstić information content (AvgIpc) is 3.35.